The zero-order valence-electron chi connectivity index (χ0n) is 13.1. The number of likely N-dealkylation sites (tertiary alicyclic amines) is 1. The third kappa shape index (κ3) is 5.08. The fourth-order valence-electron chi connectivity index (χ4n) is 2.94. The standard InChI is InChI=1S/C15H26F3NO3/c1-14(20,15(16,17)18)11-19-7-5-12(6-8-19)22-10-13-4-2-3-9-21-13/h12-13,20H,2-11H2,1H3/t13-,14+/m1/s1. The maximum absolute atomic E-state index is 12.7. The minimum absolute atomic E-state index is 0.0811. The molecule has 0 radical (unpaired) electrons. The van der Waals surface area contributed by atoms with Gasteiger partial charge in [-0.3, -0.25) is 4.90 Å². The SMILES string of the molecule is C[C@](O)(CN1CCC(OC[C@H]2CCCCO2)CC1)C(F)(F)F. The van der Waals surface area contributed by atoms with Gasteiger partial charge in [-0.25, -0.2) is 0 Å². The van der Waals surface area contributed by atoms with Crippen molar-refractivity contribution in [1.82, 2.24) is 4.90 Å². The second-order valence-electron chi connectivity index (χ2n) is 6.57. The number of hydrogen-bond acceptors (Lipinski definition) is 4. The molecule has 2 atom stereocenters. The molecule has 22 heavy (non-hydrogen) atoms. The average molecular weight is 325 g/mol. The predicted octanol–water partition coefficient (Wildman–Crippen LogP) is 2.35. The highest BCUT2D eigenvalue weighted by Crippen LogP contribution is 2.31. The average Bonchev–Trinajstić information content (AvgIpc) is 2.46. The molecule has 4 nitrogen and oxygen atoms in total. The molecule has 0 spiro atoms. The molecule has 7 heteroatoms. The largest absolute Gasteiger partial charge is 0.418 e. The van der Waals surface area contributed by atoms with Crippen molar-refractivity contribution in [3.63, 3.8) is 0 Å². The lowest BCUT2D eigenvalue weighted by atomic mass is 10.0. The maximum Gasteiger partial charge on any atom is 0.418 e. The van der Waals surface area contributed by atoms with Gasteiger partial charge in [-0.1, -0.05) is 0 Å². The molecule has 0 aromatic rings. The van der Waals surface area contributed by atoms with Gasteiger partial charge in [0, 0.05) is 26.2 Å². The second-order valence-corrected chi connectivity index (χ2v) is 6.57. The van der Waals surface area contributed by atoms with Crippen LogP contribution in [0.15, 0.2) is 0 Å². The quantitative estimate of drug-likeness (QED) is 0.842. The van der Waals surface area contributed by atoms with Crippen molar-refractivity contribution in [3.8, 4) is 0 Å². The number of aliphatic hydroxyl groups is 1. The van der Waals surface area contributed by atoms with Gasteiger partial charge in [0.15, 0.2) is 5.60 Å². The molecule has 0 amide bonds. The molecule has 0 aromatic carbocycles. The van der Waals surface area contributed by atoms with Crippen LogP contribution in [0.3, 0.4) is 0 Å². The second kappa shape index (κ2) is 7.47. The summed E-state index contributed by atoms with van der Waals surface area (Å²) in [5.41, 5.74) is -2.66. The van der Waals surface area contributed by atoms with Crippen LogP contribution in [0, 0.1) is 0 Å². The number of ether oxygens (including phenoxy) is 2. The summed E-state index contributed by atoms with van der Waals surface area (Å²) in [7, 11) is 0. The molecule has 2 rings (SSSR count). The lowest BCUT2D eigenvalue weighted by Crippen LogP contribution is -2.53. The molecule has 2 saturated heterocycles. The maximum atomic E-state index is 12.7. The summed E-state index contributed by atoms with van der Waals surface area (Å²) in [5, 5.41) is 9.53. The van der Waals surface area contributed by atoms with Gasteiger partial charge in [0.2, 0.25) is 0 Å². The van der Waals surface area contributed by atoms with Gasteiger partial charge in [0.25, 0.3) is 0 Å². The normalized spacial score (nSPS) is 28.5. The summed E-state index contributed by atoms with van der Waals surface area (Å²) < 4.78 is 49.5. The predicted molar refractivity (Wildman–Crippen MR) is 75.7 cm³/mol. The van der Waals surface area contributed by atoms with Crippen LogP contribution < -0.4 is 0 Å². The van der Waals surface area contributed by atoms with Crippen molar-refractivity contribution in [1.29, 1.82) is 0 Å². The molecule has 130 valence electrons. The molecular weight excluding hydrogens is 299 g/mol. The number of nitrogens with zero attached hydrogens (tertiary/aromatic N) is 1. The number of alkyl halides is 3. The van der Waals surface area contributed by atoms with E-state index in [1.165, 1.54) is 6.42 Å². The van der Waals surface area contributed by atoms with Crippen molar-refractivity contribution in [2.75, 3.05) is 32.8 Å². The Balaban J connectivity index is 1.67. The Bertz CT molecular complexity index is 335. The molecule has 0 bridgehead atoms. The Hall–Kier alpha value is -0.370. The molecule has 0 aliphatic carbocycles. The van der Waals surface area contributed by atoms with Crippen LogP contribution in [0.2, 0.25) is 0 Å². The number of halogens is 3. The van der Waals surface area contributed by atoms with E-state index in [4.69, 9.17) is 9.47 Å². The van der Waals surface area contributed by atoms with Crippen LogP contribution in [0.4, 0.5) is 13.2 Å². The summed E-state index contributed by atoms with van der Waals surface area (Å²) >= 11 is 0. The van der Waals surface area contributed by atoms with E-state index in [9.17, 15) is 18.3 Å². The number of β-amino-alcohol motifs (C(OH)–C–C–N with tert-alkyl or cyclic N) is 1. The molecule has 0 saturated carbocycles. The van der Waals surface area contributed by atoms with Gasteiger partial charge in [-0.05, 0) is 39.0 Å². The minimum atomic E-state index is -4.60. The third-order valence-electron chi connectivity index (χ3n) is 4.47. The zero-order valence-corrected chi connectivity index (χ0v) is 13.1. The Morgan fingerprint density at radius 2 is 1.86 bits per heavy atom. The van der Waals surface area contributed by atoms with Crippen LogP contribution in [0.5, 0.6) is 0 Å². The minimum Gasteiger partial charge on any atom is -0.380 e. The van der Waals surface area contributed by atoms with E-state index in [0.717, 1.165) is 26.4 Å². The first-order valence-corrected chi connectivity index (χ1v) is 8.02. The molecule has 0 aromatic heterocycles. The first-order valence-electron chi connectivity index (χ1n) is 8.02. The highest BCUT2D eigenvalue weighted by molar-refractivity contribution is 4.87. The Morgan fingerprint density at radius 1 is 1.18 bits per heavy atom. The van der Waals surface area contributed by atoms with Crippen molar-refractivity contribution in [2.45, 2.75) is 63.0 Å². The molecule has 2 fully saturated rings. The lowest BCUT2D eigenvalue weighted by Gasteiger charge is -2.37. The Labute approximate surface area is 129 Å². The summed E-state index contributed by atoms with van der Waals surface area (Å²) in [4.78, 5) is 1.66. The number of piperidine rings is 1. The van der Waals surface area contributed by atoms with E-state index in [1.54, 1.807) is 4.90 Å². The van der Waals surface area contributed by atoms with Gasteiger partial charge in [-0.15, -0.1) is 0 Å². The third-order valence-corrected chi connectivity index (χ3v) is 4.47. The zero-order chi connectivity index (χ0) is 16.2. The van der Waals surface area contributed by atoms with E-state index in [1.807, 2.05) is 0 Å². The highest BCUT2D eigenvalue weighted by Gasteiger charge is 2.50. The fraction of sp³-hybridized carbons (Fsp3) is 1.00. The summed E-state index contributed by atoms with van der Waals surface area (Å²) in [6, 6.07) is 0. The van der Waals surface area contributed by atoms with Crippen LogP contribution in [0.25, 0.3) is 0 Å². The molecule has 2 aliphatic rings. The first-order chi connectivity index (χ1) is 10.3. The summed E-state index contributed by atoms with van der Waals surface area (Å²) in [5.74, 6) is 0. The first kappa shape index (κ1) is 18.0. The van der Waals surface area contributed by atoms with E-state index in [-0.39, 0.29) is 18.8 Å². The Kier molecular flexibility index (Phi) is 6.10. The number of hydrogen-bond donors (Lipinski definition) is 1. The molecule has 1 N–H and O–H groups in total. The van der Waals surface area contributed by atoms with Crippen LogP contribution in [0.1, 0.15) is 39.0 Å². The lowest BCUT2D eigenvalue weighted by molar-refractivity contribution is -0.258. The number of rotatable bonds is 5. The van der Waals surface area contributed by atoms with Gasteiger partial charge in [0.05, 0.1) is 18.8 Å². The van der Waals surface area contributed by atoms with Crippen molar-refractivity contribution < 1.29 is 27.8 Å². The van der Waals surface area contributed by atoms with E-state index in [0.29, 0.717) is 32.5 Å². The van der Waals surface area contributed by atoms with Gasteiger partial charge >= 0.3 is 6.18 Å². The highest BCUT2D eigenvalue weighted by atomic mass is 19.4. The topological polar surface area (TPSA) is 41.9 Å². The molecule has 2 aliphatic heterocycles. The monoisotopic (exact) mass is 325 g/mol. The van der Waals surface area contributed by atoms with E-state index >= 15 is 0 Å². The van der Waals surface area contributed by atoms with E-state index in [2.05, 4.69) is 0 Å². The van der Waals surface area contributed by atoms with Crippen molar-refractivity contribution >= 4 is 0 Å². The van der Waals surface area contributed by atoms with Gasteiger partial charge < -0.3 is 14.6 Å². The van der Waals surface area contributed by atoms with E-state index < -0.39 is 11.8 Å². The van der Waals surface area contributed by atoms with Crippen LogP contribution >= 0.6 is 0 Å². The van der Waals surface area contributed by atoms with Gasteiger partial charge in [-0.2, -0.15) is 13.2 Å². The molecule has 0 unspecified atom stereocenters. The smallest absolute Gasteiger partial charge is 0.380 e. The summed E-state index contributed by atoms with van der Waals surface area (Å²) in [6.07, 6.45) is 0.329. The summed E-state index contributed by atoms with van der Waals surface area (Å²) in [6.45, 7) is 2.85. The van der Waals surface area contributed by atoms with Crippen molar-refractivity contribution in [2.24, 2.45) is 0 Å². The molecular formula is C15H26F3NO3. The van der Waals surface area contributed by atoms with Gasteiger partial charge in [0.1, 0.15) is 0 Å². The molecule has 2 heterocycles. The Morgan fingerprint density at radius 3 is 2.41 bits per heavy atom. The fourth-order valence-corrected chi connectivity index (χ4v) is 2.94. The van der Waals surface area contributed by atoms with Crippen LogP contribution in [-0.2, 0) is 9.47 Å². The van der Waals surface area contributed by atoms with Crippen molar-refractivity contribution in [3.05, 3.63) is 0 Å². The van der Waals surface area contributed by atoms with Crippen LogP contribution in [-0.4, -0.2) is 66.8 Å².